The van der Waals surface area contributed by atoms with E-state index in [-0.39, 0.29) is 5.92 Å². The van der Waals surface area contributed by atoms with Crippen LogP contribution in [0.2, 0.25) is 0 Å². The fourth-order valence-electron chi connectivity index (χ4n) is 2.16. The third-order valence-electron chi connectivity index (χ3n) is 3.59. The maximum Gasteiger partial charge on any atom is 0.306 e. The number of hydrogen-bond acceptors (Lipinski definition) is 2. The molecule has 0 bridgehead atoms. The quantitative estimate of drug-likeness (QED) is 0.586. The molecule has 3 nitrogen and oxygen atoms in total. The molecule has 3 heteroatoms. The molecule has 2 atom stereocenters. The summed E-state index contributed by atoms with van der Waals surface area (Å²) in [6.45, 7) is 7.86. The molecule has 112 valence electrons. The van der Waals surface area contributed by atoms with Gasteiger partial charge < -0.3 is 10.2 Å². The summed E-state index contributed by atoms with van der Waals surface area (Å²) in [7, 11) is 0. The maximum atomic E-state index is 10.7. The second-order valence-electron chi connectivity index (χ2n) is 5.97. The van der Waals surface area contributed by atoms with Crippen LogP contribution in [0.1, 0.15) is 72.6 Å². The maximum absolute atomic E-state index is 10.7. The summed E-state index contributed by atoms with van der Waals surface area (Å²) >= 11 is 0. The van der Waals surface area contributed by atoms with E-state index in [9.17, 15) is 9.90 Å². The molecular formula is C16H30O3. The number of carboxylic acid groups (broad SMARTS) is 1. The van der Waals surface area contributed by atoms with Crippen LogP contribution in [-0.2, 0) is 4.79 Å². The average Bonchev–Trinajstić information content (AvgIpc) is 2.28. The zero-order valence-corrected chi connectivity index (χ0v) is 12.9. The lowest BCUT2D eigenvalue weighted by Gasteiger charge is -2.23. The molecule has 0 aliphatic carbocycles. The lowest BCUT2D eigenvalue weighted by atomic mass is 9.91. The molecule has 19 heavy (non-hydrogen) atoms. The van der Waals surface area contributed by atoms with Crippen molar-refractivity contribution in [3.8, 4) is 0 Å². The third kappa shape index (κ3) is 9.71. The van der Waals surface area contributed by atoms with Gasteiger partial charge in [-0.2, -0.15) is 0 Å². The van der Waals surface area contributed by atoms with Crippen LogP contribution in [-0.4, -0.2) is 21.8 Å². The molecule has 0 spiro atoms. The van der Waals surface area contributed by atoms with E-state index in [1.807, 2.05) is 6.92 Å². The molecule has 0 aromatic rings. The van der Waals surface area contributed by atoms with E-state index in [0.29, 0.717) is 12.8 Å². The molecule has 0 saturated carbocycles. The number of allylic oxidation sites excluding steroid dienone is 2. The first-order valence-corrected chi connectivity index (χ1v) is 7.39. The molecule has 0 radical (unpaired) electrons. The minimum atomic E-state index is -0.752. The molecule has 2 unspecified atom stereocenters. The Morgan fingerprint density at radius 3 is 2.53 bits per heavy atom. The molecule has 0 aromatic heterocycles. The minimum Gasteiger partial charge on any atom is -0.481 e. The standard InChI is InChI=1S/C16H30O3/c1-5-8-13(2)9-6-11-16(4,19)12-7-10-14(3)15(17)18/h9,14,19H,5-8,10-12H2,1-4H3,(H,17,18)/b13-9+. The van der Waals surface area contributed by atoms with Crippen molar-refractivity contribution in [3.63, 3.8) is 0 Å². The van der Waals surface area contributed by atoms with Crippen LogP contribution in [0.4, 0.5) is 0 Å². The van der Waals surface area contributed by atoms with Gasteiger partial charge >= 0.3 is 5.97 Å². The molecule has 0 heterocycles. The Bertz CT molecular complexity index is 292. The monoisotopic (exact) mass is 270 g/mol. The van der Waals surface area contributed by atoms with Crippen LogP contribution in [0.5, 0.6) is 0 Å². The predicted molar refractivity (Wildman–Crippen MR) is 79.2 cm³/mol. The highest BCUT2D eigenvalue weighted by atomic mass is 16.4. The largest absolute Gasteiger partial charge is 0.481 e. The van der Waals surface area contributed by atoms with Crippen molar-refractivity contribution in [1.82, 2.24) is 0 Å². The highest BCUT2D eigenvalue weighted by Crippen LogP contribution is 2.22. The van der Waals surface area contributed by atoms with E-state index >= 15 is 0 Å². The Balaban J connectivity index is 3.92. The van der Waals surface area contributed by atoms with E-state index in [1.165, 1.54) is 5.57 Å². The van der Waals surface area contributed by atoms with Crippen molar-refractivity contribution in [1.29, 1.82) is 0 Å². The van der Waals surface area contributed by atoms with E-state index < -0.39 is 11.6 Å². The van der Waals surface area contributed by atoms with Crippen molar-refractivity contribution in [2.45, 2.75) is 78.2 Å². The molecule has 0 fully saturated rings. The fraction of sp³-hybridized carbons (Fsp3) is 0.812. The zero-order chi connectivity index (χ0) is 14.9. The predicted octanol–water partition coefficient (Wildman–Crippen LogP) is 4.16. The first kappa shape index (κ1) is 18.2. The summed E-state index contributed by atoms with van der Waals surface area (Å²) in [5.74, 6) is -1.07. The van der Waals surface area contributed by atoms with Gasteiger partial charge in [-0.3, -0.25) is 4.79 Å². The molecular weight excluding hydrogens is 240 g/mol. The van der Waals surface area contributed by atoms with Crippen molar-refractivity contribution in [2.75, 3.05) is 0 Å². The lowest BCUT2D eigenvalue weighted by Crippen LogP contribution is -2.24. The Hall–Kier alpha value is -0.830. The number of aliphatic hydroxyl groups is 1. The van der Waals surface area contributed by atoms with Crippen molar-refractivity contribution >= 4 is 5.97 Å². The van der Waals surface area contributed by atoms with Gasteiger partial charge in [0.2, 0.25) is 0 Å². The van der Waals surface area contributed by atoms with Gasteiger partial charge in [0.25, 0.3) is 0 Å². The van der Waals surface area contributed by atoms with Gasteiger partial charge in [0.05, 0.1) is 11.5 Å². The van der Waals surface area contributed by atoms with E-state index in [2.05, 4.69) is 19.9 Å². The van der Waals surface area contributed by atoms with E-state index in [4.69, 9.17) is 5.11 Å². The van der Waals surface area contributed by atoms with Gasteiger partial charge in [-0.05, 0) is 52.4 Å². The molecule has 0 aromatic carbocycles. The second-order valence-corrected chi connectivity index (χ2v) is 5.97. The van der Waals surface area contributed by atoms with Gasteiger partial charge in [-0.15, -0.1) is 0 Å². The molecule has 0 aliphatic rings. The Morgan fingerprint density at radius 2 is 2.00 bits per heavy atom. The highest BCUT2D eigenvalue weighted by molar-refractivity contribution is 5.69. The second kappa shape index (κ2) is 9.13. The number of carbonyl (C=O) groups is 1. The Labute approximate surface area is 117 Å². The van der Waals surface area contributed by atoms with Crippen LogP contribution in [0.25, 0.3) is 0 Å². The summed E-state index contributed by atoms with van der Waals surface area (Å²) < 4.78 is 0. The van der Waals surface area contributed by atoms with Crippen LogP contribution >= 0.6 is 0 Å². The van der Waals surface area contributed by atoms with Crippen molar-refractivity contribution in [3.05, 3.63) is 11.6 Å². The summed E-state index contributed by atoms with van der Waals surface area (Å²) in [5.41, 5.74) is 0.708. The summed E-state index contributed by atoms with van der Waals surface area (Å²) in [4.78, 5) is 10.7. The van der Waals surface area contributed by atoms with Gasteiger partial charge in [0.15, 0.2) is 0 Å². The summed E-state index contributed by atoms with van der Waals surface area (Å²) in [5, 5.41) is 19.0. The number of rotatable bonds is 10. The lowest BCUT2D eigenvalue weighted by molar-refractivity contribution is -0.141. The molecule has 2 N–H and O–H groups in total. The van der Waals surface area contributed by atoms with E-state index in [1.54, 1.807) is 6.92 Å². The molecule has 0 saturated heterocycles. The van der Waals surface area contributed by atoms with Crippen LogP contribution < -0.4 is 0 Å². The fourth-order valence-corrected chi connectivity index (χ4v) is 2.16. The summed E-state index contributed by atoms with van der Waals surface area (Å²) in [6, 6.07) is 0. The molecule has 0 amide bonds. The smallest absolute Gasteiger partial charge is 0.306 e. The average molecular weight is 270 g/mol. The third-order valence-corrected chi connectivity index (χ3v) is 3.59. The van der Waals surface area contributed by atoms with Crippen LogP contribution in [0, 0.1) is 5.92 Å². The molecule has 0 aliphatic heterocycles. The number of carboxylic acids is 1. The van der Waals surface area contributed by atoms with Gasteiger partial charge in [-0.1, -0.05) is 31.9 Å². The minimum absolute atomic E-state index is 0.317. The topological polar surface area (TPSA) is 57.5 Å². The Morgan fingerprint density at radius 1 is 1.37 bits per heavy atom. The van der Waals surface area contributed by atoms with Crippen molar-refractivity contribution < 1.29 is 15.0 Å². The van der Waals surface area contributed by atoms with Gasteiger partial charge in [0.1, 0.15) is 0 Å². The normalized spacial score (nSPS) is 17.0. The first-order chi connectivity index (χ1) is 8.78. The zero-order valence-electron chi connectivity index (χ0n) is 12.9. The van der Waals surface area contributed by atoms with Crippen LogP contribution in [0.3, 0.4) is 0 Å². The van der Waals surface area contributed by atoms with E-state index in [0.717, 1.165) is 32.1 Å². The van der Waals surface area contributed by atoms with Crippen LogP contribution in [0.15, 0.2) is 11.6 Å². The molecule has 0 rings (SSSR count). The van der Waals surface area contributed by atoms with Gasteiger partial charge in [-0.25, -0.2) is 0 Å². The first-order valence-electron chi connectivity index (χ1n) is 7.39. The van der Waals surface area contributed by atoms with Gasteiger partial charge in [0, 0.05) is 0 Å². The highest BCUT2D eigenvalue weighted by Gasteiger charge is 2.20. The number of aliphatic carboxylic acids is 1. The Kier molecular flexibility index (Phi) is 8.73. The number of hydrogen-bond donors (Lipinski definition) is 2. The van der Waals surface area contributed by atoms with Crippen molar-refractivity contribution in [2.24, 2.45) is 5.92 Å². The summed E-state index contributed by atoms with van der Waals surface area (Å²) in [6.07, 6.45) is 8.20. The SMILES string of the molecule is CCC/C(C)=C/CCC(C)(O)CCCC(C)C(=O)O.